The Morgan fingerprint density at radius 1 is 1.24 bits per heavy atom. The molecular formula is C22H25N3O3S. The van der Waals surface area contributed by atoms with Crippen LogP contribution in [0.15, 0.2) is 52.4 Å². The zero-order valence-corrected chi connectivity index (χ0v) is 17.9. The lowest BCUT2D eigenvalue weighted by Crippen LogP contribution is -2.29. The maximum Gasteiger partial charge on any atom is 0.262 e. The van der Waals surface area contributed by atoms with Gasteiger partial charge in [0.1, 0.15) is 0 Å². The minimum Gasteiger partial charge on any atom is -0.383 e. The van der Waals surface area contributed by atoms with Crippen LogP contribution in [0, 0.1) is 13.8 Å². The maximum absolute atomic E-state index is 13.0. The van der Waals surface area contributed by atoms with Crippen molar-refractivity contribution in [1.29, 1.82) is 0 Å². The molecule has 0 aliphatic rings. The van der Waals surface area contributed by atoms with Crippen LogP contribution in [0.25, 0.3) is 10.9 Å². The zero-order chi connectivity index (χ0) is 21.0. The highest BCUT2D eigenvalue weighted by molar-refractivity contribution is 7.99. The van der Waals surface area contributed by atoms with Gasteiger partial charge in [0.05, 0.1) is 29.3 Å². The average molecular weight is 412 g/mol. The summed E-state index contributed by atoms with van der Waals surface area (Å²) in [6.07, 6.45) is 0. The van der Waals surface area contributed by atoms with Crippen molar-refractivity contribution in [2.45, 2.75) is 32.0 Å². The molecule has 6 nitrogen and oxygen atoms in total. The standard InChI is InChI=1S/C22H25N3O3S/c1-14-9-10-18(15(2)11-14)23-20(26)13-29-22-24-19-8-6-5-7-17(19)21(27)25(22)16(3)12-28-4/h5-11,16H,12-13H2,1-4H3,(H,23,26)/t16-/m0/s1. The molecule has 1 N–H and O–H groups in total. The van der Waals surface area contributed by atoms with Crippen molar-refractivity contribution in [2.75, 3.05) is 24.8 Å². The topological polar surface area (TPSA) is 73.2 Å². The van der Waals surface area contributed by atoms with E-state index in [0.29, 0.717) is 22.7 Å². The number of carbonyl (C=O) groups is 1. The van der Waals surface area contributed by atoms with Gasteiger partial charge in [-0.1, -0.05) is 41.6 Å². The molecule has 1 atom stereocenters. The molecule has 3 aromatic rings. The van der Waals surface area contributed by atoms with E-state index in [9.17, 15) is 9.59 Å². The van der Waals surface area contributed by atoms with E-state index in [0.717, 1.165) is 16.8 Å². The van der Waals surface area contributed by atoms with Gasteiger partial charge in [0.15, 0.2) is 5.16 Å². The maximum atomic E-state index is 13.0. The van der Waals surface area contributed by atoms with Crippen LogP contribution in [0.4, 0.5) is 5.69 Å². The number of aryl methyl sites for hydroxylation is 2. The molecule has 0 radical (unpaired) electrons. The lowest BCUT2D eigenvalue weighted by Gasteiger charge is -2.19. The highest BCUT2D eigenvalue weighted by Gasteiger charge is 2.17. The van der Waals surface area contributed by atoms with Crippen LogP contribution in [-0.4, -0.2) is 34.9 Å². The average Bonchev–Trinajstić information content (AvgIpc) is 2.69. The van der Waals surface area contributed by atoms with Gasteiger partial charge in [-0.2, -0.15) is 0 Å². The summed E-state index contributed by atoms with van der Waals surface area (Å²) >= 11 is 1.25. The molecule has 0 aliphatic carbocycles. The lowest BCUT2D eigenvalue weighted by atomic mass is 10.1. The van der Waals surface area contributed by atoms with E-state index in [-0.39, 0.29) is 23.3 Å². The molecule has 1 heterocycles. The van der Waals surface area contributed by atoms with E-state index in [1.165, 1.54) is 11.8 Å². The van der Waals surface area contributed by atoms with Crippen molar-refractivity contribution < 1.29 is 9.53 Å². The predicted molar refractivity (Wildman–Crippen MR) is 118 cm³/mol. The predicted octanol–water partition coefficient (Wildman–Crippen LogP) is 3.95. The van der Waals surface area contributed by atoms with Crippen molar-refractivity contribution in [2.24, 2.45) is 0 Å². The Hall–Kier alpha value is -2.64. The van der Waals surface area contributed by atoms with Gasteiger partial charge in [-0.15, -0.1) is 0 Å². The van der Waals surface area contributed by atoms with E-state index in [4.69, 9.17) is 4.74 Å². The first-order valence-corrected chi connectivity index (χ1v) is 10.4. The molecule has 0 unspecified atom stereocenters. The van der Waals surface area contributed by atoms with Gasteiger partial charge in [-0.05, 0) is 44.5 Å². The number of benzene rings is 2. The number of para-hydroxylation sites is 1. The Kier molecular flexibility index (Phi) is 6.71. The Morgan fingerprint density at radius 2 is 2.00 bits per heavy atom. The normalized spacial score (nSPS) is 12.1. The molecule has 0 saturated carbocycles. The number of hydrogen-bond acceptors (Lipinski definition) is 5. The molecule has 0 bridgehead atoms. The largest absolute Gasteiger partial charge is 0.383 e. The quantitative estimate of drug-likeness (QED) is 0.471. The smallest absolute Gasteiger partial charge is 0.262 e. The number of hydrogen-bond donors (Lipinski definition) is 1. The first-order valence-electron chi connectivity index (χ1n) is 9.41. The highest BCUT2D eigenvalue weighted by atomic mass is 32.2. The lowest BCUT2D eigenvalue weighted by molar-refractivity contribution is -0.113. The van der Waals surface area contributed by atoms with Gasteiger partial charge in [-0.3, -0.25) is 14.2 Å². The molecule has 0 aliphatic heterocycles. The number of fused-ring (bicyclic) bond motifs is 1. The summed E-state index contributed by atoms with van der Waals surface area (Å²) in [5.41, 5.74) is 3.44. The van der Waals surface area contributed by atoms with Crippen LogP contribution >= 0.6 is 11.8 Å². The summed E-state index contributed by atoms with van der Waals surface area (Å²) in [4.78, 5) is 30.2. The minimum atomic E-state index is -0.200. The van der Waals surface area contributed by atoms with E-state index in [1.54, 1.807) is 17.7 Å². The van der Waals surface area contributed by atoms with Gasteiger partial charge in [0.2, 0.25) is 5.91 Å². The number of amides is 1. The summed E-state index contributed by atoms with van der Waals surface area (Å²) in [5, 5.41) is 4.00. The van der Waals surface area contributed by atoms with Gasteiger partial charge in [-0.25, -0.2) is 4.98 Å². The summed E-state index contributed by atoms with van der Waals surface area (Å²) in [5.74, 6) is 0.00736. The molecule has 0 spiro atoms. The van der Waals surface area contributed by atoms with Gasteiger partial charge >= 0.3 is 0 Å². The van der Waals surface area contributed by atoms with Gasteiger partial charge < -0.3 is 10.1 Å². The van der Waals surface area contributed by atoms with E-state index >= 15 is 0 Å². The number of ether oxygens (including phenoxy) is 1. The second-order valence-corrected chi connectivity index (χ2v) is 7.99. The first-order chi connectivity index (χ1) is 13.9. The SMILES string of the molecule is COC[C@H](C)n1c(SCC(=O)Nc2ccc(C)cc2C)nc2ccccc2c1=O. The zero-order valence-electron chi connectivity index (χ0n) is 17.1. The fourth-order valence-corrected chi connectivity index (χ4v) is 4.10. The van der Waals surface area contributed by atoms with Crippen molar-refractivity contribution >= 4 is 34.3 Å². The van der Waals surface area contributed by atoms with Crippen LogP contribution < -0.4 is 10.9 Å². The number of nitrogens with one attached hydrogen (secondary N) is 1. The first kappa shape index (κ1) is 21.1. The van der Waals surface area contributed by atoms with E-state index in [1.807, 2.05) is 57.2 Å². The molecule has 0 fully saturated rings. The number of rotatable bonds is 7. The van der Waals surface area contributed by atoms with Crippen LogP contribution in [0.3, 0.4) is 0 Å². The van der Waals surface area contributed by atoms with Crippen molar-refractivity contribution in [3.8, 4) is 0 Å². The second kappa shape index (κ2) is 9.24. The number of anilines is 1. The monoisotopic (exact) mass is 411 g/mol. The van der Waals surface area contributed by atoms with Crippen LogP contribution in [0.5, 0.6) is 0 Å². The Bertz CT molecular complexity index is 1090. The van der Waals surface area contributed by atoms with Crippen LogP contribution in [0.2, 0.25) is 0 Å². The third kappa shape index (κ3) is 4.86. The molecule has 29 heavy (non-hydrogen) atoms. The fraction of sp³-hybridized carbons (Fsp3) is 0.318. The van der Waals surface area contributed by atoms with Crippen molar-refractivity contribution in [3.05, 3.63) is 63.9 Å². The van der Waals surface area contributed by atoms with E-state index < -0.39 is 0 Å². The highest BCUT2D eigenvalue weighted by Crippen LogP contribution is 2.22. The second-order valence-electron chi connectivity index (χ2n) is 7.05. The van der Waals surface area contributed by atoms with Crippen LogP contribution in [0.1, 0.15) is 24.1 Å². The van der Waals surface area contributed by atoms with Gasteiger partial charge in [0.25, 0.3) is 5.56 Å². The molecule has 0 saturated heterocycles. The van der Waals surface area contributed by atoms with Gasteiger partial charge in [0, 0.05) is 12.8 Å². The Labute approximate surface area is 174 Å². The summed E-state index contributed by atoms with van der Waals surface area (Å²) in [6, 6.07) is 12.9. The summed E-state index contributed by atoms with van der Waals surface area (Å²) < 4.78 is 6.84. The number of methoxy groups -OCH3 is 1. The van der Waals surface area contributed by atoms with Crippen molar-refractivity contribution in [1.82, 2.24) is 9.55 Å². The summed E-state index contributed by atoms with van der Waals surface area (Å²) in [6.45, 7) is 6.26. The third-order valence-electron chi connectivity index (χ3n) is 4.61. The summed E-state index contributed by atoms with van der Waals surface area (Å²) in [7, 11) is 1.60. The molecule has 7 heteroatoms. The molecule has 1 amide bonds. The molecule has 1 aromatic heterocycles. The Morgan fingerprint density at radius 3 is 2.72 bits per heavy atom. The van der Waals surface area contributed by atoms with E-state index in [2.05, 4.69) is 10.3 Å². The Balaban J connectivity index is 1.85. The fourth-order valence-electron chi connectivity index (χ4n) is 3.20. The minimum absolute atomic E-state index is 0.127. The number of nitrogens with zero attached hydrogens (tertiary/aromatic N) is 2. The molecule has 152 valence electrons. The molecule has 2 aromatic carbocycles. The number of carbonyl (C=O) groups excluding carboxylic acids is 1. The number of thioether (sulfide) groups is 1. The van der Waals surface area contributed by atoms with Crippen molar-refractivity contribution in [3.63, 3.8) is 0 Å². The number of aromatic nitrogens is 2. The van der Waals surface area contributed by atoms with Crippen LogP contribution in [-0.2, 0) is 9.53 Å². The molecular weight excluding hydrogens is 386 g/mol. The molecule has 3 rings (SSSR count). The third-order valence-corrected chi connectivity index (χ3v) is 5.57.